The third kappa shape index (κ3) is 8.67. The average molecular weight is 523 g/mol. The number of alkyl halides is 1. The quantitative estimate of drug-likeness (QED) is 0.176. The van der Waals surface area contributed by atoms with Gasteiger partial charge >= 0.3 is 6.01 Å². The Bertz CT molecular complexity index is 988. The van der Waals surface area contributed by atoms with E-state index in [4.69, 9.17) is 14.2 Å². The Morgan fingerprint density at radius 2 is 1.18 bits per heavy atom. The molecule has 0 aliphatic heterocycles. The number of unbranched alkanes of at least 4 members (excludes halogenated alkanes) is 3. The largest absolute Gasteiger partial charge is 0.497 e. The summed E-state index contributed by atoms with van der Waals surface area (Å²) in [5, 5.41) is 1.05. The summed E-state index contributed by atoms with van der Waals surface area (Å²) in [6.45, 7) is 0.607. The number of rotatable bonds is 13. The highest BCUT2D eigenvalue weighted by atomic mass is 79.9. The molecule has 0 bridgehead atoms. The SMILES string of the molecule is COc1ccc(C=Cc2cc(C=Cc3ccc(OC)cc3)nc(OCCCCCCBr)n2)cc1. The minimum Gasteiger partial charge on any atom is -0.497 e. The van der Waals surface area contributed by atoms with E-state index in [1.54, 1.807) is 14.2 Å². The monoisotopic (exact) mass is 522 g/mol. The van der Waals surface area contributed by atoms with Crippen molar-refractivity contribution < 1.29 is 14.2 Å². The van der Waals surface area contributed by atoms with Gasteiger partial charge in [0.15, 0.2) is 0 Å². The lowest BCUT2D eigenvalue weighted by molar-refractivity contribution is 0.281. The number of nitrogens with zero attached hydrogens (tertiary/aromatic N) is 2. The zero-order valence-corrected chi connectivity index (χ0v) is 21.3. The normalized spacial score (nSPS) is 11.3. The second kappa shape index (κ2) is 14.2. The van der Waals surface area contributed by atoms with E-state index in [2.05, 4.69) is 25.9 Å². The fourth-order valence-corrected chi connectivity index (χ4v) is 3.60. The highest BCUT2D eigenvalue weighted by Crippen LogP contribution is 2.18. The lowest BCUT2D eigenvalue weighted by atomic mass is 10.1. The molecule has 1 aromatic heterocycles. The molecule has 0 spiro atoms. The number of methoxy groups -OCH3 is 2. The lowest BCUT2D eigenvalue weighted by Crippen LogP contribution is -2.03. The van der Waals surface area contributed by atoms with E-state index in [0.717, 1.165) is 52.2 Å². The third-order valence-corrected chi connectivity index (χ3v) is 5.69. The molecular weight excluding hydrogens is 492 g/mol. The summed E-state index contributed by atoms with van der Waals surface area (Å²) in [5.74, 6) is 1.66. The van der Waals surface area contributed by atoms with Gasteiger partial charge in [-0.15, -0.1) is 0 Å². The van der Waals surface area contributed by atoms with E-state index in [-0.39, 0.29) is 0 Å². The van der Waals surface area contributed by atoms with Crippen molar-refractivity contribution in [1.29, 1.82) is 0 Å². The molecule has 6 heteroatoms. The van der Waals surface area contributed by atoms with Crippen LogP contribution < -0.4 is 14.2 Å². The van der Waals surface area contributed by atoms with Crippen LogP contribution in [0.2, 0.25) is 0 Å². The van der Waals surface area contributed by atoms with Gasteiger partial charge in [-0.2, -0.15) is 9.97 Å². The van der Waals surface area contributed by atoms with Gasteiger partial charge in [0.1, 0.15) is 11.5 Å². The minimum absolute atomic E-state index is 0.395. The van der Waals surface area contributed by atoms with Crippen LogP contribution in [0.15, 0.2) is 54.6 Å². The molecule has 0 aliphatic rings. The first-order chi connectivity index (χ1) is 16.7. The van der Waals surface area contributed by atoms with Gasteiger partial charge in [-0.1, -0.05) is 65.2 Å². The van der Waals surface area contributed by atoms with Crippen LogP contribution in [-0.4, -0.2) is 36.1 Å². The Balaban J connectivity index is 1.75. The molecule has 0 fully saturated rings. The molecule has 3 rings (SSSR count). The van der Waals surface area contributed by atoms with Crippen LogP contribution in [-0.2, 0) is 0 Å². The van der Waals surface area contributed by atoms with Crippen molar-refractivity contribution in [3.05, 3.63) is 77.1 Å². The van der Waals surface area contributed by atoms with Gasteiger partial charge in [0, 0.05) is 5.33 Å². The molecule has 1 heterocycles. The summed E-state index contributed by atoms with van der Waals surface area (Å²) in [7, 11) is 3.33. The number of halogens is 1. The van der Waals surface area contributed by atoms with Crippen molar-refractivity contribution in [2.45, 2.75) is 25.7 Å². The molecule has 3 aromatic rings. The van der Waals surface area contributed by atoms with E-state index in [1.165, 1.54) is 12.8 Å². The molecule has 0 aliphatic carbocycles. The summed E-state index contributed by atoms with van der Waals surface area (Å²) in [6.07, 6.45) is 12.5. The van der Waals surface area contributed by atoms with Crippen LogP contribution >= 0.6 is 15.9 Å². The van der Waals surface area contributed by atoms with E-state index in [0.29, 0.717) is 12.6 Å². The van der Waals surface area contributed by atoms with Crippen molar-refractivity contribution in [2.24, 2.45) is 0 Å². The molecule has 0 atom stereocenters. The van der Waals surface area contributed by atoms with Gasteiger partial charge in [0.2, 0.25) is 0 Å². The van der Waals surface area contributed by atoms with E-state index < -0.39 is 0 Å². The van der Waals surface area contributed by atoms with E-state index in [9.17, 15) is 0 Å². The first-order valence-corrected chi connectivity index (χ1v) is 12.5. The smallest absolute Gasteiger partial charge is 0.317 e. The van der Waals surface area contributed by atoms with Crippen LogP contribution in [0.25, 0.3) is 24.3 Å². The van der Waals surface area contributed by atoms with E-state index in [1.807, 2.05) is 78.9 Å². The lowest BCUT2D eigenvalue weighted by Gasteiger charge is -2.07. The number of hydrogen-bond donors (Lipinski definition) is 0. The van der Waals surface area contributed by atoms with Crippen molar-refractivity contribution >= 4 is 40.2 Å². The number of ether oxygens (including phenoxy) is 3. The Kier molecular flexibility index (Phi) is 10.7. The highest BCUT2D eigenvalue weighted by Gasteiger charge is 2.04. The summed E-state index contributed by atoms with van der Waals surface area (Å²) < 4.78 is 16.4. The van der Waals surface area contributed by atoms with Crippen LogP contribution in [0.3, 0.4) is 0 Å². The van der Waals surface area contributed by atoms with E-state index >= 15 is 0 Å². The van der Waals surface area contributed by atoms with Crippen molar-refractivity contribution in [2.75, 3.05) is 26.2 Å². The minimum atomic E-state index is 0.395. The maximum atomic E-state index is 5.90. The first kappa shape index (κ1) is 25.5. The van der Waals surface area contributed by atoms with Gasteiger partial charge in [-0.05, 0) is 66.5 Å². The summed E-state index contributed by atoms with van der Waals surface area (Å²) in [4.78, 5) is 9.18. The van der Waals surface area contributed by atoms with Gasteiger partial charge in [0.25, 0.3) is 0 Å². The van der Waals surface area contributed by atoms with Gasteiger partial charge in [-0.3, -0.25) is 0 Å². The number of benzene rings is 2. The molecule has 5 nitrogen and oxygen atoms in total. The fourth-order valence-electron chi connectivity index (χ4n) is 3.20. The Labute approximate surface area is 210 Å². The van der Waals surface area contributed by atoms with Crippen molar-refractivity contribution in [3.8, 4) is 17.5 Å². The van der Waals surface area contributed by atoms with Gasteiger partial charge < -0.3 is 14.2 Å². The molecule has 0 radical (unpaired) electrons. The van der Waals surface area contributed by atoms with Gasteiger partial charge in [0.05, 0.1) is 32.2 Å². The van der Waals surface area contributed by atoms with Crippen molar-refractivity contribution in [1.82, 2.24) is 9.97 Å². The van der Waals surface area contributed by atoms with Crippen molar-refractivity contribution in [3.63, 3.8) is 0 Å². The number of aromatic nitrogens is 2. The molecule has 0 saturated heterocycles. The molecular formula is C28H31BrN2O3. The fraction of sp³-hybridized carbons (Fsp3) is 0.286. The van der Waals surface area contributed by atoms with Crippen LogP contribution in [0.1, 0.15) is 48.2 Å². The van der Waals surface area contributed by atoms with Gasteiger partial charge in [-0.25, -0.2) is 0 Å². The Morgan fingerprint density at radius 1 is 0.676 bits per heavy atom. The molecule has 0 saturated carbocycles. The summed E-state index contributed by atoms with van der Waals surface area (Å²) in [6, 6.07) is 18.1. The zero-order chi connectivity index (χ0) is 24.0. The Hall–Kier alpha value is -3.12. The predicted octanol–water partition coefficient (Wildman–Crippen LogP) is 7.17. The average Bonchev–Trinajstić information content (AvgIpc) is 2.89. The maximum Gasteiger partial charge on any atom is 0.317 e. The molecule has 178 valence electrons. The van der Waals surface area contributed by atoms with Crippen LogP contribution in [0, 0.1) is 0 Å². The molecule has 2 aromatic carbocycles. The summed E-state index contributed by atoms with van der Waals surface area (Å²) in [5.41, 5.74) is 3.69. The second-order valence-corrected chi connectivity index (χ2v) is 8.46. The molecule has 0 unspecified atom stereocenters. The summed E-state index contributed by atoms with van der Waals surface area (Å²) >= 11 is 3.47. The third-order valence-electron chi connectivity index (χ3n) is 5.13. The van der Waals surface area contributed by atoms with Crippen LogP contribution in [0.5, 0.6) is 17.5 Å². The molecule has 34 heavy (non-hydrogen) atoms. The topological polar surface area (TPSA) is 53.5 Å². The first-order valence-electron chi connectivity index (χ1n) is 11.4. The molecule has 0 amide bonds. The number of hydrogen-bond acceptors (Lipinski definition) is 5. The van der Waals surface area contributed by atoms with Crippen LogP contribution in [0.4, 0.5) is 0 Å². The zero-order valence-electron chi connectivity index (χ0n) is 19.7. The predicted molar refractivity (Wildman–Crippen MR) is 144 cm³/mol. The maximum absolute atomic E-state index is 5.90. The second-order valence-electron chi connectivity index (χ2n) is 7.66. The Morgan fingerprint density at radius 3 is 1.65 bits per heavy atom. The molecule has 0 N–H and O–H groups in total. The standard InChI is InChI=1S/C28H31BrN2O3/c1-32-26-15-9-22(10-16-26)7-13-24-21-25(14-8-23-11-17-27(33-2)18-12-23)31-28(30-24)34-20-6-4-3-5-19-29/h7-18,21H,3-6,19-20H2,1-2H3. The highest BCUT2D eigenvalue weighted by molar-refractivity contribution is 9.09.